The van der Waals surface area contributed by atoms with Crippen molar-refractivity contribution in [1.82, 2.24) is 4.90 Å². The third-order valence-electron chi connectivity index (χ3n) is 9.55. The number of benzene rings is 3. The maximum atomic E-state index is 14.3. The highest BCUT2D eigenvalue weighted by Gasteiger charge is 2.49. The van der Waals surface area contributed by atoms with Crippen molar-refractivity contribution in [1.29, 1.82) is 0 Å². The molecule has 1 aliphatic heterocycles. The second kappa shape index (κ2) is 13.6. The molecular weight excluding hydrogens is 680 g/mol. The van der Waals surface area contributed by atoms with Crippen LogP contribution in [0.4, 0.5) is 5.69 Å². The van der Waals surface area contributed by atoms with Crippen LogP contribution in [0.2, 0.25) is 0 Å². The van der Waals surface area contributed by atoms with E-state index in [9.17, 15) is 14.4 Å². The number of nitrogens with zero attached hydrogens (tertiary/aromatic N) is 1. The number of carbonyl (C=O) groups is 3. The van der Waals surface area contributed by atoms with Crippen molar-refractivity contribution in [3.8, 4) is 11.5 Å². The Balaban J connectivity index is 1.44. The summed E-state index contributed by atoms with van der Waals surface area (Å²) in [4.78, 5) is 43.7. The molecule has 7 nitrogen and oxygen atoms in total. The Kier molecular flexibility index (Phi) is 9.64. The molecule has 49 heavy (non-hydrogen) atoms. The lowest BCUT2D eigenvalue weighted by molar-refractivity contribution is -0.120. The van der Waals surface area contributed by atoms with Crippen molar-refractivity contribution in [3.63, 3.8) is 0 Å². The molecule has 1 amide bonds. The molecule has 8 heteroatoms. The smallest absolute Gasteiger partial charge is 0.262 e. The molecule has 256 valence electrons. The third kappa shape index (κ3) is 7.40. The van der Waals surface area contributed by atoms with Gasteiger partial charge in [0.1, 0.15) is 0 Å². The fourth-order valence-corrected chi connectivity index (χ4v) is 8.04. The van der Waals surface area contributed by atoms with Crippen molar-refractivity contribution >= 4 is 39.1 Å². The van der Waals surface area contributed by atoms with Gasteiger partial charge in [0, 0.05) is 53.5 Å². The predicted molar refractivity (Wildman–Crippen MR) is 195 cm³/mol. The SMILES string of the molecule is CCOc1cc(C2C3=C(CC(C)(C)CC3=O)N(Cc3ccccc3)C3=C2C(=O)CC(C)(C)C3)cc(Br)c1OCC(=O)Nc1ccc(C)cc1. The zero-order chi connectivity index (χ0) is 35.1. The highest BCUT2D eigenvalue weighted by atomic mass is 79.9. The van der Waals surface area contributed by atoms with Crippen LogP contribution in [0.5, 0.6) is 11.5 Å². The van der Waals surface area contributed by atoms with E-state index in [0.29, 0.717) is 58.8 Å². The van der Waals surface area contributed by atoms with Crippen LogP contribution >= 0.6 is 15.9 Å². The van der Waals surface area contributed by atoms with E-state index in [1.807, 2.05) is 68.4 Å². The molecule has 0 saturated heterocycles. The first-order chi connectivity index (χ1) is 23.2. The quantitative estimate of drug-likeness (QED) is 0.237. The maximum absolute atomic E-state index is 14.3. The zero-order valence-electron chi connectivity index (χ0n) is 29.2. The van der Waals surface area contributed by atoms with Gasteiger partial charge in [-0.1, -0.05) is 75.7 Å². The van der Waals surface area contributed by atoms with E-state index in [4.69, 9.17) is 9.47 Å². The molecule has 0 saturated carbocycles. The summed E-state index contributed by atoms with van der Waals surface area (Å²) in [5.41, 5.74) is 6.64. The van der Waals surface area contributed by atoms with Crippen LogP contribution in [0.3, 0.4) is 0 Å². The van der Waals surface area contributed by atoms with Crippen molar-refractivity contribution in [3.05, 3.63) is 110 Å². The third-order valence-corrected chi connectivity index (χ3v) is 10.1. The highest BCUT2D eigenvalue weighted by molar-refractivity contribution is 9.10. The van der Waals surface area contributed by atoms with Crippen LogP contribution in [0.25, 0.3) is 0 Å². The van der Waals surface area contributed by atoms with Gasteiger partial charge < -0.3 is 19.7 Å². The number of carbonyl (C=O) groups excluding carboxylic acids is 3. The monoisotopic (exact) mass is 724 g/mol. The molecule has 1 N–H and O–H groups in total. The Labute approximate surface area is 297 Å². The number of rotatable bonds is 9. The summed E-state index contributed by atoms with van der Waals surface area (Å²) >= 11 is 3.71. The van der Waals surface area contributed by atoms with E-state index in [-0.39, 0.29) is 34.9 Å². The van der Waals surface area contributed by atoms with Gasteiger partial charge in [0.2, 0.25) is 0 Å². The number of ketones is 2. The summed E-state index contributed by atoms with van der Waals surface area (Å²) in [6.45, 7) is 13.2. The van der Waals surface area contributed by atoms with E-state index < -0.39 is 5.92 Å². The Hall–Kier alpha value is -4.17. The minimum atomic E-state index is -0.543. The first-order valence-corrected chi connectivity index (χ1v) is 17.8. The number of halogens is 1. The van der Waals surface area contributed by atoms with E-state index in [1.54, 1.807) is 0 Å². The van der Waals surface area contributed by atoms with Gasteiger partial charge in [-0.3, -0.25) is 14.4 Å². The first-order valence-electron chi connectivity index (χ1n) is 17.0. The van der Waals surface area contributed by atoms with Crippen molar-refractivity contribution in [2.75, 3.05) is 18.5 Å². The van der Waals surface area contributed by atoms with Gasteiger partial charge in [-0.2, -0.15) is 0 Å². The summed E-state index contributed by atoms with van der Waals surface area (Å²) in [7, 11) is 0. The molecule has 2 aliphatic carbocycles. The van der Waals surface area contributed by atoms with Crippen LogP contribution in [0.1, 0.15) is 82.9 Å². The van der Waals surface area contributed by atoms with E-state index in [0.717, 1.165) is 40.9 Å². The van der Waals surface area contributed by atoms with Gasteiger partial charge in [-0.25, -0.2) is 0 Å². The summed E-state index contributed by atoms with van der Waals surface area (Å²) in [5, 5.41) is 2.87. The minimum absolute atomic E-state index is 0.0701. The molecule has 1 heterocycles. The minimum Gasteiger partial charge on any atom is -0.490 e. The van der Waals surface area contributed by atoms with Gasteiger partial charge in [-0.15, -0.1) is 0 Å². The average Bonchev–Trinajstić information content (AvgIpc) is 3.02. The lowest BCUT2D eigenvalue weighted by Crippen LogP contribution is -2.44. The van der Waals surface area contributed by atoms with Gasteiger partial charge >= 0.3 is 0 Å². The molecule has 0 spiro atoms. The summed E-state index contributed by atoms with van der Waals surface area (Å²) in [6.07, 6.45) is 2.25. The normalized spacial score (nSPS) is 18.6. The standard InChI is InChI=1S/C41H45BrN2O5/c1-7-48-34-18-27(17-29(42)39(34)49-24-35(47)43-28-15-13-25(2)14-16-28)36-37-30(19-40(3,4)21-32(37)45)44(23-26-11-9-8-10-12-26)31-20-41(5,6)22-33(46)38(31)36/h8-18,36H,7,19-24H2,1-6H3,(H,43,47). The van der Waals surface area contributed by atoms with E-state index in [2.05, 4.69) is 66.0 Å². The van der Waals surface area contributed by atoms with Crippen molar-refractivity contribution in [2.24, 2.45) is 10.8 Å². The summed E-state index contributed by atoms with van der Waals surface area (Å²) in [6, 6.07) is 21.6. The molecule has 3 aliphatic rings. The van der Waals surface area contributed by atoms with Crippen LogP contribution < -0.4 is 14.8 Å². The Morgan fingerprint density at radius 2 is 1.45 bits per heavy atom. The number of ether oxygens (including phenoxy) is 2. The Morgan fingerprint density at radius 3 is 2.02 bits per heavy atom. The number of anilines is 1. The van der Waals surface area contributed by atoms with Crippen LogP contribution in [0, 0.1) is 17.8 Å². The highest BCUT2D eigenvalue weighted by Crippen LogP contribution is 2.55. The zero-order valence-corrected chi connectivity index (χ0v) is 30.8. The lowest BCUT2D eigenvalue weighted by atomic mass is 9.63. The fourth-order valence-electron chi connectivity index (χ4n) is 7.47. The molecule has 0 aromatic heterocycles. The number of hydrogen-bond acceptors (Lipinski definition) is 6. The number of allylic oxidation sites excluding steroid dienone is 4. The molecule has 0 radical (unpaired) electrons. The van der Waals surface area contributed by atoms with E-state index in [1.165, 1.54) is 0 Å². The van der Waals surface area contributed by atoms with Crippen LogP contribution in [0.15, 0.2) is 93.7 Å². The predicted octanol–water partition coefficient (Wildman–Crippen LogP) is 9.06. The molecule has 0 atom stereocenters. The molecule has 3 aromatic rings. The number of amides is 1. The van der Waals surface area contributed by atoms with Crippen LogP contribution in [-0.4, -0.2) is 35.6 Å². The fraction of sp³-hybridized carbons (Fsp3) is 0.390. The van der Waals surface area contributed by atoms with Crippen LogP contribution in [-0.2, 0) is 20.9 Å². The number of aryl methyl sites for hydroxylation is 1. The maximum Gasteiger partial charge on any atom is 0.262 e. The second-order valence-corrected chi connectivity index (χ2v) is 15.9. The first kappa shape index (κ1) is 34.7. The average molecular weight is 726 g/mol. The Morgan fingerprint density at radius 1 is 0.857 bits per heavy atom. The van der Waals surface area contributed by atoms with E-state index >= 15 is 0 Å². The second-order valence-electron chi connectivity index (χ2n) is 15.1. The summed E-state index contributed by atoms with van der Waals surface area (Å²) in [5.74, 6) is 0.128. The molecule has 3 aromatic carbocycles. The van der Waals surface area contributed by atoms with Gasteiger partial charge in [-0.05, 0) is 88.8 Å². The summed E-state index contributed by atoms with van der Waals surface area (Å²) < 4.78 is 12.8. The molecule has 0 unspecified atom stereocenters. The molecule has 0 bridgehead atoms. The van der Waals surface area contributed by atoms with Gasteiger partial charge in [0.25, 0.3) is 5.91 Å². The topological polar surface area (TPSA) is 84.9 Å². The molecule has 6 rings (SSSR count). The van der Waals surface area contributed by atoms with Crippen molar-refractivity contribution in [2.45, 2.75) is 79.7 Å². The number of Topliss-reactive ketones (excluding diaryl/α,β-unsaturated/α-hetero) is 2. The molecular formula is C41H45BrN2O5. The molecule has 0 fully saturated rings. The van der Waals surface area contributed by atoms with Gasteiger partial charge in [0.05, 0.1) is 11.1 Å². The number of hydrogen-bond donors (Lipinski definition) is 1. The lowest BCUT2D eigenvalue weighted by Gasteiger charge is -2.49. The largest absolute Gasteiger partial charge is 0.490 e. The number of nitrogens with one attached hydrogen (secondary N) is 1. The Bertz CT molecular complexity index is 1800. The van der Waals surface area contributed by atoms with Crippen molar-refractivity contribution < 1.29 is 23.9 Å². The van der Waals surface area contributed by atoms with Gasteiger partial charge in [0.15, 0.2) is 29.7 Å².